The van der Waals surface area contributed by atoms with Crippen molar-refractivity contribution in [2.24, 2.45) is 5.92 Å². The van der Waals surface area contributed by atoms with E-state index in [1.807, 2.05) is 0 Å². The molecule has 1 saturated carbocycles. The number of nitrogens with one attached hydrogen (secondary N) is 1. The lowest BCUT2D eigenvalue weighted by Crippen LogP contribution is -2.33. The molecule has 0 spiro atoms. The van der Waals surface area contributed by atoms with Crippen LogP contribution in [0.1, 0.15) is 36.2 Å². The van der Waals surface area contributed by atoms with Gasteiger partial charge in [0, 0.05) is 6.54 Å². The number of hydrogen-bond acceptors (Lipinski definition) is 4. The van der Waals surface area contributed by atoms with Gasteiger partial charge in [-0.15, -0.1) is 0 Å². The van der Waals surface area contributed by atoms with Crippen LogP contribution < -0.4 is 5.32 Å². The largest absolute Gasteiger partial charge is 0.393 e. The van der Waals surface area contributed by atoms with E-state index in [1.54, 1.807) is 0 Å². The Morgan fingerprint density at radius 3 is 2.94 bits per heavy atom. The van der Waals surface area contributed by atoms with Gasteiger partial charge in [0.25, 0.3) is 5.91 Å². The summed E-state index contributed by atoms with van der Waals surface area (Å²) in [5.74, 6) is 0.0946. The molecule has 2 rings (SSSR count). The smallest absolute Gasteiger partial charge is 0.271 e. The second-order valence-electron chi connectivity index (χ2n) is 4.62. The van der Waals surface area contributed by atoms with Gasteiger partial charge in [0.15, 0.2) is 0 Å². The van der Waals surface area contributed by atoms with Crippen molar-refractivity contribution in [3.63, 3.8) is 0 Å². The Labute approximate surface area is 111 Å². The van der Waals surface area contributed by atoms with E-state index < -0.39 is 0 Å². The number of carbonyl (C=O) groups is 1. The van der Waals surface area contributed by atoms with Crippen molar-refractivity contribution < 1.29 is 9.90 Å². The standard InChI is InChI=1S/C12H16ClN3O2/c13-11-7-14-10(6-15-11)12(18)16-5-8-2-1-3-9(17)4-8/h6-9,17H,1-5H2,(H,16,18). The predicted molar refractivity (Wildman–Crippen MR) is 67.3 cm³/mol. The summed E-state index contributed by atoms with van der Waals surface area (Å²) in [5.41, 5.74) is 0.260. The summed E-state index contributed by atoms with van der Waals surface area (Å²) in [6.07, 6.45) is 6.16. The number of halogens is 1. The van der Waals surface area contributed by atoms with Gasteiger partial charge in [0.2, 0.25) is 0 Å². The van der Waals surface area contributed by atoms with Gasteiger partial charge < -0.3 is 10.4 Å². The maximum atomic E-state index is 11.8. The van der Waals surface area contributed by atoms with E-state index in [9.17, 15) is 9.90 Å². The lowest BCUT2D eigenvalue weighted by molar-refractivity contribution is 0.0870. The number of amides is 1. The SMILES string of the molecule is O=C(NCC1CCCC(O)C1)c1cnc(Cl)cn1. The summed E-state index contributed by atoms with van der Waals surface area (Å²) in [6, 6.07) is 0. The second-order valence-corrected chi connectivity index (χ2v) is 5.01. The fourth-order valence-corrected chi connectivity index (χ4v) is 2.30. The number of carbonyl (C=O) groups excluding carboxylic acids is 1. The van der Waals surface area contributed by atoms with Gasteiger partial charge in [-0.2, -0.15) is 0 Å². The molecule has 0 bridgehead atoms. The summed E-state index contributed by atoms with van der Waals surface area (Å²) in [4.78, 5) is 19.5. The molecule has 1 heterocycles. The summed E-state index contributed by atoms with van der Waals surface area (Å²) in [5, 5.41) is 12.6. The van der Waals surface area contributed by atoms with Crippen LogP contribution in [-0.2, 0) is 0 Å². The highest BCUT2D eigenvalue weighted by Gasteiger charge is 2.20. The zero-order valence-electron chi connectivity index (χ0n) is 9.97. The Hall–Kier alpha value is -1.20. The maximum Gasteiger partial charge on any atom is 0.271 e. The van der Waals surface area contributed by atoms with Gasteiger partial charge in [-0.05, 0) is 25.2 Å². The van der Waals surface area contributed by atoms with Gasteiger partial charge in [-0.25, -0.2) is 9.97 Å². The first-order valence-electron chi connectivity index (χ1n) is 6.09. The molecule has 18 heavy (non-hydrogen) atoms. The Morgan fingerprint density at radius 2 is 2.28 bits per heavy atom. The minimum atomic E-state index is -0.251. The molecule has 1 aliphatic rings. The van der Waals surface area contributed by atoms with Crippen LogP contribution in [0.3, 0.4) is 0 Å². The van der Waals surface area contributed by atoms with Gasteiger partial charge in [-0.3, -0.25) is 4.79 Å². The van der Waals surface area contributed by atoms with Crippen LogP contribution in [0.25, 0.3) is 0 Å². The zero-order valence-corrected chi connectivity index (χ0v) is 10.7. The van der Waals surface area contributed by atoms with Crippen LogP contribution in [0.4, 0.5) is 0 Å². The number of aromatic nitrogens is 2. The highest BCUT2D eigenvalue weighted by molar-refractivity contribution is 6.29. The molecule has 6 heteroatoms. The van der Waals surface area contributed by atoms with Crippen molar-refractivity contribution in [1.82, 2.24) is 15.3 Å². The van der Waals surface area contributed by atoms with Crippen molar-refractivity contribution in [1.29, 1.82) is 0 Å². The van der Waals surface area contributed by atoms with Gasteiger partial charge >= 0.3 is 0 Å². The van der Waals surface area contributed by atoms with E-state index in [0.29, 0.717) is 12.5 Å². The summed E-state index contributed by atoms with van der Waals surface area (Å²) >= 11 is 5.60. The van der Waals surface area contributed by atoms with Crippen molar-refractivity contribution in [3.8, 4) is 0 Å². The van der Waals surface area contributed by atoms with Crippen LogP contribution in [0.5, 0.6) is 0 Å². The number of aliphatic hydroxyl groups is 1. The van der Waals surface area contributed by atoms with E-state index in [0.717, 1.165) is 25.7 Å². The molecular weight excluding hydrogens is 254 g/mol. The molecule has 5 nitrogen and oxygen atoms in total. The van der Waals surface area contributed by atoms with Crippen molar-refractivity contribution in [2.75, 3.05) is 6.54 Å². The summed E-state index contributed by atoms with van der Waals surface area (Å²) < 4.78 is 0. The molecule has 1 amide bonds. The van der Waals surface area contributed by atoms with E-state index >= 15 is 0 Å². The molecule has 1 fully saturated rings. The minimum absolute atomic E-state index is 0.226. The first-order chi connectivity index (χ1) is 8.65. The van der Waals surface area contributed by atoms with E-state index in [2.05, 4.69) is 15.3 Å². The summed E-state index contributed by atoms with van der Waals surface area (Å²) in [7, 11) is 0. The van der Waals surface area contributed by atoms with Crippen molar-refractivity contribution in [2.45, 2.75) is 31.8 Å². The molecule has 0 radical (unpaired) electrons. The lowest BCUT2D eigenvalue weighted by Gasteiger charge is -2.25. The molecular formula is C12H16ClN3O2. The Morgan fingerprint density at radius 1 is 1.44 bits per heavy atom. The third kappa shape index (κ3) is 3.65. The minimum Gasteiger partial charge on any atom is -0.393 e. The molecule has 1 aliphatic carbocycles. The molecule has 2 N–H and O–H groups in total. The number of aliphatic hydroxyl groups excluding tert-OH is 1. The monoisotopic (exact) mass is 269 g/mol. The first-order valence-corrected chi connectivity index (χ1v) is 6.47. The normalized spacial score (nSPS) is 23.7. The fraction of sp³-hybridized carbons (Fsp3) is 0.583. The lowest BCUT2D eigenvalue weighted by atomic mass is 9.87. The molecule has 0 aromatic carbocycles. The van der Waals surface area contributed by atoms with Crippen molar-refractivity contribution >= 4 is 17.5 Å². The van der Waals surface area contributed by atoms with Gasteiger partial charge in [-0.1, -0.05) is 18.0 Å². The number of hydrogen-bond donors (Lipinski definition) is 2. The zero-order chi connectivity index (χ0) is 13.0. The average Bonchev–Trinajstić information content (AvgIpc) is 2.37. The highest BCUT2D eigenvalue weighted by Crippen LogP contribution is 2.23. The van der Waals surface area contributed by atoms with Gasteiger partial charge in [0.1, 0.15) is 10.8 Å². The number of nitrogens with zero attached hydrogens (tertiary/aromatic N) is 2. The van der Waals surface area contributed by atoms with Crippen LogP contribution in [0, 0.1) is 5.92 Å². The fourth-order valence-electron chi connectivity index (χ4n) is 2.21. The molecule has 2 unspecified atom stereocenters. The Bertz CT molecular complexity index is 410. The summed E-state index contributed by atoms with van der Waals surface area (Å²) in [6.45, 7) is 0.570. The second kappa shape index (κ2) is 6.11. The molecule has 1 aromatic rings. The molecule has 0 saturated heterocycles. The van der Waals surface area contributed by atoms with E-state index in [4.69, 9.17) is 11.6 Å². The third-order valence-corrected chi connectivity index (χ3v) is 3.35. The quantitative estimate of drug-likeness (QED) is 0.870. The predicted octanol–water partition coefficient (Wildman–Crippen LogP) is 1.41. The topological polar surface area (TPSA) is 75.1 Å². The molecule has 98 valence electrons. The Kier molecular flexibility index (Phi) is 4.49. The highest BCUT2D eigenvalue weighted by atomic mass is 35.5. The van der Waals surface area contributed by atoms with Crippen LogP contribution >= 0.6 is 11.6 Å². The first kappa shape index (κ1) is 13.2. The van der Waals surface area contributed by atoms with Crippen LogP contribution in [0.15, 0.2) is 12.4 Å². The van der Waals surface area contributed by atoms with Crippen LogP contribution in [-0.4, -0.2) is 33.6 Å². The third-order valence-electron chi connectivity index (χ3n) is 3.16. The Balaban J connectivity index is 1.82. The van der Waals surface area contributed by atoms with Crippen LogP contribution in [0.2, 0.25) is 5.15 Å². The maximum absolute atomic E-state index is 11.8. The van der Waals surface area contributed by atoms with E-state index in [1.165, 1.54) is 12.4 Å². The molecule has 2 atom stereocenters. The van der Waals surface area contributed by atoms with Gasteiger partial charge in [0.05, 0.1) is 18.5 Å². The van der Waals surface area contributed by atoms with E-state index in [-0.39, 0.29) is 22.9 Å². The molecule has 1 aromatic heterocycles. The average molecular weight is 270 g/mol. The number of rotatable bonds is 3. The van der Waals surface area contributed by atoms with Crippen molar-refractivity contribution in [3.05, 3.63) is 23.2 Å². The molecule has 0 aliphatic heterocycles.